The maximum atomic E-state index is 10.3. The minimum atomic E-state index is 0.140. The van der Waals surface area contributed by atoms with Crippen LogP contribution in [-0.4, -0.2) is 28.3 Å². The van der Waals surface area contributed by atoms with Crippen molar-refractivity contribution >= 4 is 10.9 Å². The van der Waals surface area contributed by atoms with E-state index in [1.807, 2.05) is 18.2 Å². The molecular weight excluding hydrogens is 432 g/mol. The third-order valence-corrected chi connectivity index (χ3v) is 8.25. The van der Waals surface area contributed by atoms with E-state index in [0.717, 1.165) is 44.2 Å². The summed E-state index contributed by atoms with van der Waals surface area (Å²) in [4.78, 5) is 0. The Morgan fingerprint density at radius 2 is 1.83 bits per heavy atom. The first-order valence-electron chi connectivity index (χ1n) is 13.4. The Hall–Kier alpha value is -2.81. The molecular formula is C30H38N4O. The molecule has 0 amide bonds. The van der Waals surface area contributed by atoms with E-state index in [1.54, 1.807) is 6.07 Å². The van der Waals surface area contributed by atoms with Gasteiger partial charge in [-0.25, -0.2) is 0 Å². The van der Waals surface area contributed by atoms with Gasteiger partial charge in [0.1, 0.15) is 5.75 Å². The molecule has 2 fully saturated rings. The van der Waals surface area contributed by atoms with E-state index >= 15 is 0 Å². The van der Waals surface area contributed by atoms with E-state index in [1.165, 1.54) is 48.6 Å². The van der Waals surface area contributed by atoms with Crippen LogP contribution in [0.2, 0.25) is 0 Å². The van der Waals surface area contributed by atoms with Crippen molar-refractivity contribution in [1.29, 1.82) is 5.26 Å². The molecule has 2 saturated carbocycles. The van der Waals surface area contributed by atoms with E-state index in [2.05, 4.69) is 40.3 Å². The SMILES string of the molecule is N#Cc1ccc2c(c1)c(C(CCN[C@H]1CC[C@H](N)CC1)c1cccc(O)c1)cn2C1CCCCC1. The lowest BCUT2D eigenvalue weighted by Gasteiger charge is -2.28. The highest BCUT2D eigenvalue weighted by molar-refractivity contribution is 5.86. The molecule has 3 aromatic rings. The van der Waals surface area contributed by atoms with Gasteiger partial charge in [-0.15, -0.1) is 0 Å². The number of fused-ring (bicyclic) bond motifs is 1. The molecule has 0 spiro atoms. The molecule has 0 aliphatic heterocycles. The van der Waals surface area contributed by atoms with Gasteiger partial charge in [0.15, 0.2) is 0 Å². The molecule has 1 unspecified atom stereocenters. The van der Waals surface area contributed by atoms with Crippen LogP contribution in [0, 0.1) is 11.3 Å². The molecule has 5 rings (SSSR count). The van der Waals surface area contributed by atoms with Crippen molar-refractivity contribution in [2.45, 2.75) is 88.3 Å². The van der Waals surface area contributed by atoms with Gasteiger partial charge in [0.25, 0.3) is 0 Å². The number of hydrogen-bond donors (Lipinski definition) is 3. The maximum Gasteiger partial charge on any atom is 0.115 e. The van der Waals surface area contributed by atoms with Crippen LogP contribution in [0.25, 0.3) is 10.9 Å². The fraction of sp³-hybridized carbons (Fsp3) is 0.500. The van der Waals surface area contributed by atoms with Crippen LogP contribution in [0.5, 0.6) is 5.75 Å². The Labute approximate surface area is 208 Å². The van der Waals surface area contributed by atoms with Crippen LogP contribution in [0.3, 0.4) is 0 Å². The number of nitrogens with zero attached hydrogens (tertiary/aromatic N) is 2. The van der Waals surface area contributed by atoms with Crippen molar-refractivity contribution in [3.63, 3.8) is 0 Å². The summed E-state index contributed by atoms with van der Waals surface area (Å²) in [5.41, 5.74) is 10.4. The summed E-state index contributed by atoms with van der Waals surface area (Å²) in [6.45, 7) is 0.911. The normalized spacial score (nSPS) is 22.2. The van der Waals surface area contributed by atoms with Gasteiger partial charge in [-0.2, -0.15) is 5.26 Å². The molecule has 4 N–H and O–H groups in total. The average Bonchev–Trinajstić information content (AvgIpc) is 3.26. The highest BCUT2D eigenvalue weighted by atomic mass is 16.3. The van der Waals surface area contributed by atoms with Gasteiger partial charge in [-0.3, -0.25) is 0 Å². The van der Waals surface area contributed by atoms with E-state index in [9.17, 15) is 10.4 Å². The monoisotopic (exact) mass is 470 g/mol. The fourth-order valence-electron chi connectivity index (χ4n) is 6.29. The van der Waals surface area contributed by atoms with Gasteiger partial charge in [-0.05, 0) is 92.9 Å². The number of nitrogens with one attached hydrogen (secondary N) is 1. The molecule has 0 bridgehead atoms. The van der Waals surface area contributed by atoms with Crippen molar-refractivity contribution < 1.29 is 5.11 Å². The second kappa shape index (κ2) is 10.8. The van der Waals surface area contributed by atoms with E-state index < -0.39 is 0 Å². The van der Waals surface area contributed by atoms with Crippen LogP contribution in [0.15, 0.2) is 48.7 Å². The van der Waals surface area contributed by atoms with Crippen LogP contribution in [0.1, 0.15) is 92.9 Å². The molecule has 5 nitrogen and oxygen atoms in total. The molecule has 1 heterocycles. The molecule has 0 saturated heterocycles. The molecule has 35 heavy (non-hydrogen) atoms. The van der Waals surface area contributed by atoms with Gasteiger partial charge >= 0.3 is 0 Å². The lowest BCUT2D eigenvalue weighted by molar-refractivity contribution is 0.340. The zero-order valence-electron chi connectivity index (χ0n) is 20.6. The zero-order chi connectivity index (χ0) is 24.2. The molecule has 1 aromatic heterocycles. The number of phenols is 1. The molecule has 5 heteroatoms. The summed E-state index contributed by atoms with van der Waals surface area (Å²) < 4.78 is 2.48. The zero-order valence-corrected chi connectivity index (χ0v) is 20.6. The van der Waals surface area contributed by atoms with E-state index in [0.29, 0.717) is 29.4 Å². The van der Waals surface area contributed by atoms with Gasteiger partial charge < -0.3 is 20.7 Å². The Balaban J connectivity index is 1.50. The maximum absolute atomic E-state index is 10.3. The van der Waals surface area contributed by atoms with Gasteiger partial charge in [0, 0.05) is 41.1 Å². The number of aromatic nitrogens is 1. The summed E-state index contributed by atoms with van der Waals surface area (Å²) >= 11 is 0. The highest BCUT2D eigenvalue weighted by Crippen LogP contribution is 2.39. The molecule has 1 atom stereocenters. The fourth-order valence-corrected chi connectivity index (χ4v) is 6.29. The number of hydrogen-bond acceptors (Lipinski definition) is 4. The van der Waals surface area contributed by atoms with Crippen LogP contribution in [-0.2, 0) is 0 Å². The third kappa shape index (κ3) is 5.39. The van der Waals surface area contributed by atoms with Crippen LogP contribution in [0.4, 0.5) is 0 Å². The number of benzene rings is 2. The summed E-state index contributed by atoms with van der Waals surface area (Å²) in [7, 11) is 0. The molecule has 2 aromatic carbocycles. The Morgan fingerprint density at radius 1 is 1.03 bits per heavy atom. The summed E-state index contributed by atoms with van der Waals surface area (Å²) in [6, 6.07) is 17.6. The number of phenolic OH excluding ortho intramolecular Hbond substituents is 1. The second-order valence-electron chi connectivity index (χ2n) is 10.6. The minimum absolute atomic E-state index is 0.140. The van der Waals surface area contributed by atoms with Crippen molar-refractivity contribution in [3.8, 4) is 11.8 Å². The van der Waals surface area contributed by atoms with Crippen molar-refractivity contribution in [2.75, 3.05) is 6.54 Å². The molecule has 2 aliphatic carbocycles. The number of nitrogens with two attached hydrogens (primary N) is 1. The largest absolute Gasteiger partial charge is 0.508 e. The smallest absolute Gasteiger partial charge is 0.115 e. The van der Waals surface area contributed by atoms with Gasteiger partial charge in [0.2, 0.25) is 0 Å². The summed E-state index contributed by atoms with van der Waals surface area (Å²) in [6.07, 6.45) is 14.1. The number of aromatic hydroxyl groups is 1. The second-order valence-corrected chi connectivity index (χ2v) is 10.6. The first-order valence-corrected chi connectivity index (χ1v) is 13.4. The topological polar surface area (TPSA) is 87.0 Å². The average molecular weight is 471 g/mol. The highest BCUT2D eigenvalue weighted by Gasteiger charge is 2.25. The van der Waals surface area contributed by atoms with Crippen molar-refractivity contribution in [2.24, 2.45) is 5.73 Å². The molecule has 0 radical (unpaired) electrons. The summed E-state index contributed by atoms with van der Waals surface area (Å²) in [5, 5.41) is 24.9. The lowest BCUT2D eigenvalue weighted by atomic mass is 9.87. The van der Waals surface area contributed by atoms with Gasteiger partial charge in [-0.1, -0.05) is 31.4 Å². The quantitative estimate of drug-likeness (QED) is 0.389. The number of nitriles is 1. The summed E-state index contributed by atoms with van der Waals surface area (Å²) in [5.74, 6) is 0.442. The Bertz CT molecular complexity index is 1180. The van der Waals surface area contributed by atoms with Crippen LogP contribution >= 0.6 is 0 Å². The molecule has 184 valence electrons. The van der Waals surface area contributed by atoms with Gasteiger partial charge in [0.05, 0.1) is 11.6 Å². The minimum Gasteiger partial charge on any atom is -0.508 e. The predicted octanol–water partition coefficient (Wildman–Crippen LogP) is 6.11. The van der Waals surface area contributed by atoms with E-state index in [4.69, 9.17) is 5.73 Å². The Kier molecular flexibility index (Phi) is 7.41. The first kappa shape index (κ1) is 23.9. The third-order valence-electron chi connectivity index (χ3n) is 8.25. The lowest BCUT2D eigenvalue weighted by Crippen LogP contribution is -2.38. The standard InChI is InChI=1S/C30H38N4O/c31-19-21-9-14-30-28(17-21)29(20-34(30)25-6-2-1-3-7-25)27(22-5-4-8-26(35)18-22)15-16-33-24-12-10-23(32)11-13-24/h4-5,8-9,14,17-18,20,23-25,27,33,35H,1-3,6-7,10-13,15-16,32H2/t23-,24-,27?. The predicted molar refractivity (Wildman–Crippen MR) is 142 cm³/mol. The van der Waals surface area contributed by atoms with Crippen molar-refractivity contribution in [1.82, 2.24) is 9.88 Å². The first-order chi connectivity index (χ1) is 17.1. The molecule has 2 aliphatic rings. The Morgan fingerprint density at radius 3 is 2.57 bits per heavy atom. The van der Waals surface area contributed by atoms with E-state index in [-0.39, 0.29) is 5.92 Å². The van der Waals surface area contributed by atoms with Crippen LogP contribution < -0.4 is 11.1 Å². The van der Waals surface area contributed by atoms with Crippen molar-refractivity contribution in [3.05, 3.63) is 65.4 Å². The number of rotatable bonds is 7.